The Morgan fingerprint density at radius 2 is 1.87 bits per heavy atom. The van der Waals surface area contributed by atoms with Crippen LogP contribution in [0.1, 0.15) is 61.1 Å². The standard InChI is InChI=1S/C26H36O3S2/c1-27-14-6-7-19-15-20-16-24(18-10-12-21(13-11-18)28-30-2)22-8-4-5-9-23(22)25(20)17-26(19)29-31-3/h10,12-13,15,17-18,22-24H,4-9,11,14,16H2,1-3H3/t18?,22-,23+,24-/m0/s1. The van der Waals surface area contributed by atoms with Gasteiger partial charge in [0.25, 0.3) is 0 Å². The van der Waals surface area contributed by atoms with E-state index in [2.05, 4.69) is 30.4 Å². The fourth-order valence-corrected chi connectivity index (χ4v) is 6.66. The molecule has 3 nitrogen and oxygen atoms in total. The molecule has 1 fully saturated rings. The monoisotopic (exact) mass is 460 g/mol. The van der Waals surface area contributed by atoms with Gasteiger partial charge in [0.15, 0.2) is 0 Å². The van der Waals surface area contributed by atoms with E-state index in [-0.39, 0.29) is 0 Å². The number of methoxy groups -OCH3 is 1. The molecule has 1 aromatic carbocycles. The van der Waals surface area contributed by atoms with Crippen LogP contribution in [-0.2, 0) is 21.8 Å². The first kappa shape index (κ1) is 23.1. The van der Waals surface area contributed by atoms with E-state index in [1.165, 1.54) is 61.8 Å². The molecular weight excluding hydrogens is 424 g/mol. The van der Waals surface area contributed by atoms with E-state index < -0.39 is 0 Å². The summed E-state index contributed by atoms with van der Waals surface area (Å²) in [6.45, 7) is 0.794. The summed E-state index contributed by atoms with van der Waals surface area (Å²) in [6, 6.07) is 4.87. The van der Waals surface area contributed by atoms with Crippen molar-refractivity contribution in [3.05, 3.63) is 52.8 Å². The van der Waals surface area contributed by atoms with Crippen molar-refractivity contribution in [1.82, 2.24) is 0 Å². The van der Waals surface area contributed by atoms with Crippen molar-refractivity contribution >= 4 is 24.1 Å². The molecule has 0 radical (unpaired) electrons. The second kappa shape index (κ2) is 11.2. The quantitative estimate of drug-likeness (QED) is 0.289. The van der Waals surface area contributed by atoms with Crippen LogP contribution in [0.15, 0.2) is 36.1 Å². The summed E-state index contributed by atoms with van der Waals surface area (Å²) in [7, 11) is 1.78. The summed E-state index contributed by atoms with van der Waals surface area (Å²) in [5.74, 6) is 4.89. The number of allylic oxidation sites excluding steroid dienone is 3. The third-order valence-corrected chi connectivity index (χ3v) is 8.05. The highest BCUT2D eigenvalue weighted by Gasteiger charge is 2.41. The number of benzene rings is 1. The second-order valence-electron chi connectivity index (χ2n) is 9.04. The molecule has 0 saturated heterocycles. The zero-order valence-corrected chi connectivity index (χ0v) is 20.7. The summed E-state index contributed by atoms with van der Waals surface area (Å²) in [4.78, 5) is 0. The minimum Gasteiger partial charge on any atom is -0.426 e. The topological polar surface area (TPSA) is 27.7 Å². The van der Waals surface area contributed by atoms with Crippen LogP contribution in [0.2, 0.25) is 0 Å². The zero-order chi connectivity index (χ0) is 21.6. The molecule has 3 aliphatic rings. The summed E-state index contributed by atoms with van der Waals surface area (Å²) in [6.07, 6.45) is 20.7. The first-order valence-corrected chi connectivity index (χ1v) is 14.0. The maximum absolute atomic E-state index is 6.03. The van der Waals surface area contributed by atoms with Crippen molar-refractivity contribution in [1.29, 1.82) is 0 Å². The van der Waals surface area contributed by atoms with E-state index in [4.69, 9.17) is 13.1 Å². The third-order valence-electron chi connectivity index (χ3n) is 7.34. The van der Waals surface area contributed by atoms with Crippen molar-refractivity contribution < 1.29 is 13.1 Å². The van der Waals surface area contributed by atoms with Crippen molar-refractivity contribution in [2.24, 2.45) is 17.8 Å². The molecule has 3 aliphatic carbocycles. The lowest BCUT2D eigenvalue weighted by Crippen LogP contribution is -2.36. The molecule has 1 unspecified atom stereocenters. The lowest BCUT2D eigenvalue weighted by Gasteiger charge is -2.45. The van der Waals surface area contributed by atoms with Gasteiger partial charge >= 0.3 is 0 Å². The van der Waals surface area contributed by atoms with Crippen molar-refractivity contribution in [3.8, 4) is 5.75 Å². The van der Waals surface area contributed by atoms with Crippen LogP contribution in [0.5, 0.6) is 5.75 Å². The van der Waals surface area contributed by atoms with Gasteiger partial charge in [0.2, 0.25) is 0 Å². The van der Waals surface area contributed by atoms with Crippen LogP contribution in [0, 0.1) is 17.8 Å². The summed E-state index contributed by atoms with van der Waals surface area (Å²) < 4.78 is 17.0. The molecule has 5 heteroatoms. The number of hydrogen-bond donors (Lipinski definition) is 0. The van der Waals surface area contributed by atoms with Crippen LogP contribution in [-0.4, -0.2) is 26.2 Å². The van der Waals surface area contributed by atoms with Crippen LogP contribution in [0.4, 0.5) is 0 Å². The molecule has 0 heterocycles. The fraction of sp³-hybridized carbons (Fsp3) is 0.615. The SMILES string of the molecule is COCCCc1cc2c(cc1OSC)[C@@H]1CCCC[C@@H]1[C@H](C1C=CC(OSC)=CC1)C2. The van der Waals surface area contributed by atoms with Gasteiger partial charge in [-0.15, -0.1) is 0 Å². The molecule has 1 saturated carbocycles. The van der Waals surface area contributed by atoms with Crippen LogP contribution in [0.25, 0.3) is 0 Å². The van der Waals surface area contributed by atoms with Crippen LogP contribution < -0.4 is 4.18 Å². The van der Waals surface area contributed by atoms with Crippen molar-refractivity contribution in [2.45, 2.75) is 57.3 Å². The normalized spacial score (nSPS) is 27.3. The number of hydrogen-bond acceptors (Lipinski definition) is 5. The van der Waals surface area contributed by atoms with Crippen molar-refractivity contribution in [2.75, 3.05) is 26.2 Å². The minimum atomic E-state index is 0.618. The molecule has 170 valence electrons. The lowest BCUT2D eigenvalue weighted by molar-refractivity contribution is 0.156. The van der Waals surface area contributed by atoms with Gasteiger partial charge in [0, 0.05) is 26.2 Å². The van der Waals surface area contributed by atoms with E-state index in [0.717, 1.165) is 49.2 Å². The van der Waals surface area contributed by atoms with E-state index in [1.807, 2.05) is 12.5 Å². The maximum Gasteiger partial charge on any atom is 0.140 e. The number of rotatable bonds is 9. The average Bonchev–Trinajstić information content (AvgIpc) is 2.80. The Morgan fingerprint density at radius 1 is 1.03 bits per heavy atom. The lowest BCUT2D eigenvalue weighted by atomic mass is 9.59. The molecule has 0 aliphatic heterocycles. The largest absolute Gasteiger partial charge is 0.426 e. The maximum atomic E-state index is 6.03. The van der Waals surface area contributed by atoms with Gasteiger partial charge in [0.1, 0.15) is 11.5 Å². The number of fused-ring (bicyclic) bond motifs is 3. The highest BCUT2D eigenvalue weighted by Crippen LogP contribution is 2.52. The van der Waals surface area contributed by atoms with Crippen molar-refractivity contribution in [3.63, 3.8) is 0 Å². The molecule has 0 spiro atoms. The van der Waals surface area contributed by atoms with Gasteiger partial charge in [-0.1, -0.05) is 25.0 Å². The molecule has 4 rings (SSSR count). The van der Waals surface area contributed by atoms with Gasteiger partial charge in [-0.05, 0) is 97.1 Å². The Balaban J connectivity index is 1.62. The fourth-order valence-electron chi connectivity index (χ4n) is 6.01. The number of aryl methyl sites for hydroxylation is 1. The molecule has 0 amide bonds. The molecule has 0 bridgehead atoms. The van der Waals surface area contributed by atoms with Gasteiger partial charge in [-0.3, -0.25) is 0 Å². The third kappa shape index (κ3) is 5.31. The predicted molar refractivity (Wildman–Crippen MR) is 133 cm³/mol. The zero-order valence-electron chi connectivity index (χ0n) is 19.1. The van der Waals surface area contributed by atoms with E-state index in [9.17, 15) is 0 Å². The smallest absolute Gasteiger partial charge is 0.140 e. The average molecular weight is 461 g/mol. The van der Waals surface area contributed by atoms with Crippen LogP contribution >= 0.6 is 24.1 Å². The summed E-state index contributed by atoms with van der Waals surface area (Å²) in [5.41, 5.74) is 4.48. The highest BCUT2D eigenvalue weighted by atomic mass is 32.2. The van der Waals surface area contributed by atoms with Crippen LogP contribution in [0.3, 0.4) is 0 Å². The molecule has 0 aromatic heterocycles. The number of ether oxygens (including phenoxy) is 1. The second-order valence-corrected chi connectivity index (χ2v) is 10.0. The Bertz CT molecular complexity index is 804. The molecular formula is C26H36O3S2. The highest BCUT2D eigenvalue weighted by molar-refractivity contribution is 7.94. The van der Waals surface area contributed by atoms with E-state index in [1.54, 1.807) is 18.2 Å². The Labute approximate surface area is 196 Å². The first-order valence-electron chi connectivity index (χ1n) is 11.7. The molecule has 1 aromatic rings. The Hall–Kier alpha value is -1.04. The minimum absolute atomic E-state index is 0.618. The first-order chi connectivity index (χ1) is 15.2. The van der Waals surface area contributed by atoms with Gasteiger partial charge < -0.3 is 13.1 Å². The molecule has 0 N–H and O–H groups in total. The molecule has 4 atom stereocenters. The molecule has 31 heavy (non-hydrogen) atoms. The van der Waals surface area contributed by atoms with Gasteiger partial charge in [-0.25, -0.2) is 0 Å². The van der Waals surface area contributed by atoms with E-state index in [0.29, 0.717) is 11.8 Å². The predicted octanol–water partition coefficient (Wildman–Crippen LogP) is 7.12. The Morgan fingerprint density at radius 3 is 2.61 bits per heavy atom. The summed E-state index contributed by atoms with van der Waals surface area (Å²) in [5, 5.41) is 0. The van der Waals surface area contributed by atoms with E-state index >= 15 is 0 Å². The summed E-state index contributed by atoms with van der Waals surface area (Å²) >= 11 is 2.88. The van der Waals surface area contributed by atoms with Gasteiger partial charge in [0.05, 0.1) is 24.1 Å². The Kier molecular flexibility index (Phi) is 8.36. The van der Waals surface area contributed by atoms with Gasteiger partial charge in [-0.2, -0.15) is 0 Å².